The van der Waals surface area contributed by atoms with Gasteiger partial charge in [-0.15, -0.1) is 23.2 Å². The lowest BCUT2D eigenvalue weighted by Crippen LogP contribution is -2.30. The van der Waals surface area contributed by atoms with Gasteiger partial charge in [0.25, 0.3) is 11.8 Å². The van der Waals surface area contributed by atoms with Crippen LogP contribution in [0.1, 0.15) is 68.9 Å². The summed E-state index contributed by atoms with van der Waals surface area (Å²) in [4.78, 5) is 75.9. The van der Waals surface area contributed by atoms with Crippen molar-refractivity contribution in [3.8, 4) is 11.5 Å². The minimum Gasteiger partial charge on any atom is -0.426 e. The van der Waals surface area contributed by atoms with Crippen molar-refractivity contribution in [3.63, 3.8) is 0 Å². The summed E-state index contributed by atoms with van der Waals surface area (Å²) in [6.07, 6.45) is 0.366. The summed E-state index contributed by atoms with van der Waals surface area (Å²) < 4.78 is 11.2. The summed E-state index contributed by atoms with van der Waals surface area (Å²) in [7, 11) is 0. The highest BCUT2D eigenvalue weighted by Gasteiger charge is 2.37. The molecule has 11 nitrogen and oxygen atoms in total. The number of esters is 2. The number of rotatable bonds is 10. The van der Waals surface area contributed by atoms with E-state index in [9.17, 15) is 24.0 Å². The van der Waals surface area contributed by atoms with Crippen LogP contribution in [-0.4, -0.2) is 64.4 Å². The number of carbonyl (C=O) groups excluding carboxylic acids is 5. The zero-order chi connectivity index (χ0) is 44.4. The van der Waals surface area contributed by atoms with Crippen molar-refractivity contribution in [2.75, 3.05) is 34.6 Å². The van der Waals surface area contributed by atoms with E-state index >= 15 is 0 Å². The molecule has 0 aliphatic carbocycles. The van der Waals surface area contributed by atoms with Crippen LogP contribution < -0.4 is 19.3 Å². The number of ketones is 1. The summed E-state index contributed by atoms with van der Waals surface area (Å²) in [5.41, 5.74) is 7.07. The molecule has 8 aromatic rings. The van der Waals surface area contributed by atoms with Crippen molar-refractivity contribution in [1.82, 2.24) is 9.97 Å². The number of Topliss-reactive ketones (excluding diaryl/α,β-unsaturated/α-hetero) is 1. The maximum atomic E-state index is 14.2. The normalized spacial score (nSPS) is 15.6. The van der Waals surface area contributed by atoms with Gasteiger partial charge in [0.15, 0.2) is 0 Å². The number of aromatic amines is 2. The standard InChI is InChI=1S/C51H40Cl2N4O7/c1-27(58)63-46-21-44-48(38-9-5-3-7-36(38)46)33(23-52)25-56(44)50(61)42-19-31-15-29(11-13-40(31)54-42)17-35(60)18-30-12-14-41-32(16-30)20-43(55-41)51(62)57-26-34(24-53)49-39-10-6-4-8-37(39)47(22-45(49)57)64-28(2)59/h3-16,19-22,33-34,54-55H,17-18,23-26H2,1-2H3/t33-,34-/m1/s1. The number of nitrogens with zero attached hydrogens (tertiary/aromatic N) is 2. The molecule has 0 unspecified atom stereocenters. The van der Waals surface area contributed by atoms with Crippen LogP contribution in [0.5, 0.6) is 11.5 Å². The number of H-pyrrole nitrogens is 2. The van der Waals surface area contributed by atoms with E-state index in [0.29, 0.717) is 59.1 Å². The molecule has 2 aromatic heterocycles. The van der Waals surface area contributed by atoms with Crippen LogP contribution in [-0.2, 0) is 27.2 Å². The van der Waals surface area contributed by atoms with Gasteiger partial charge in [0.2, 0.25) is 0 Å². The number of alkyl halides is 2. The van der Waals surface area contributed by atoms with Crippen molar-refractivity contribution < 1.29 is 33.4 Å². The highest BCUT2D eigenvalue weighted by Crippen LogP contribution is 2.48. The molecule has 10 rings (SSSR count). The average molecular weight is 892 g/mol. The topological polar surface area (TPSA) is 142 Å². The average Bonchev–Trinajstić information content (AvgIpc) is 4.08. The number of anilines is 2. The highest BCUT2D eigenvalue weighted by molar-refractivity contribution is 6.20. The van der Waals surface area contributed by atoms with Crippen molar-refractivity contribution in [2.24, 2.45) is 0 Å². The van der Waals surface area contributed by atoms with Crippen LogP contribution >= 0.6 is 23.2 Å². The monoisotopic (exact) mass is 890 g/mol. The van der Waals surface area contributed by atoms with Crippen molar-refractivity contribution in [2.45, 2.75) is 38.5 Å². The fraction of sp³-hybridized carbons (Fsp3) is 0.196. The third kappa shape index (κ3) is 7.24. The Bertz CT molecular complexity index is 3070. The Kier molecular flexibility index (Phi) is 10.5. The van der Waals surface area contributed by atoms with E-state index in [2.05, 4.69) is 9.97 Å². The minimum atomic E-state index is -0.455. The molecule has 64 heavy (non-hydrogen) atoms. The lowest BCUT2D eigenvalue weighted by Gasteiger charge is -2.18. The third-order valence-electron chi connectivity index (χ3n) is 12.3. The van der Waals surface area contributed by atoms with E-state index in [1.807, 2.05) is 84.9 Å². The van der Waals surface area contributed by atoms with Gasteiger partial charge in [-0.2, -0.15) is 0 Å². The lowest BCUT2D eigenvalue weighted by atomic mass is 9.95. The molecule has 0 bridgehead atoms. The number of aromatic nitrogens is 2. The summed E-state index contributed by atoms with van der Waals surface area (Å²) in [5.74, 6) is -0.264. The van der Waals surface area contributed by atoms with Gasteiger partial charge in [0, 0.05) is 108 Å². The molecule has 2 aliphatic heterocycles. The van der Waals surface area contributed by atoms with E-state index in [4.69, 9.17) is 32.7 Å². The predicted octanol–water partition coefficient (Wildman–Crippen LogP) is 10.1. The first-order valence-corrected chi connectivity index (χ1v) is 22.0. The molecule has 0 saturated carbocycles. The van der Waals surface area contributed by atoms with Crippen molar-refractivity contribution in [3.05, 3.63) is 143 Å². The minimum absolute atomic E-state index is 0.00516. The van der Waals surface area contributed by atoms with Gasteiger partial charge in [0.05, 0.1) is 11.4 Å². The molecule has 0 saturated heterocycles. The Labute approximate surface area is 376 Å². The van der Waals surface area contributed by atoms with E-state index < -0.39 is 11.9 Å². The Balaban J connectivity index is 0.854. The Morgan fingerprint density at radius 3 is 1.36 bits per heavy atom. The number of hydrogen-bond acceptors (Lipinski definition) is 7. The van der Waals surface area contributed by atoms with Crippen LogP contribution in [0.25, 0.3) is 43.4 Å². The van der Waals surface area contributed by atoms with E-state index in [0.717, 1.165) is 65.6 Å². The molecule has 4 heterocycles. The van der Waals surface area contributed by atoms with Crippen molar-refractivity contribution >= 4 is 107 Å². The second kappa shape index (κ2) is 16.3. The first-order chi connectivity index (χ1) is 31.0. The molecule has 2 aliphatic rings. The molecular weight excluding hydrogens is 851 g/mol. The maximum absolute atomic E-state index is 14.2. The summed E-state index contributed by atoms with van der Waals surface area (Å²) in [6.45, 7) is 3.43. The van der Waals surface area contributed by atoms with Gasteiger partial charge in [-0.25, -0.2) is 0 Å². The first kappa shape index (κ1) is 41.1. The second-order valence-electron chi connectivity index (χ2n) is 16.5. The molecule has 6 aromatic carbocycles. The van der Waals surface area contributed by atoms with Crippen molar-refractivity contribution in [1.29, 1.82) is 0 Å². The number of ether oxygens (including phenoxy) is 2. The SMILES string of the molecule is CC(=O)Oc1cc2c(c3ccccc13)[C@H](CCl)CN2C(=O)c1cc2cc(CC(=O)Cc3ccc4[nH]c(C(=O)N5C[C@@H](CCl)c6c5cc(OC(C)=O)c5ccccc65)cc4c3)ccc2[nH]1. The number of carbonyl (C=O) groups is 5. The molecule has 0 spiro atoms. The molecule has 0 radical (unpaired) electrons. The molecular formula is C51H40Cl2N4O7. The molecule has 2 amide bonds. The highest BCUT2D eigenvalue weighted by atomic mass is 35.5. The van der Waals surface area contributed by atoms with Gasteiger partial charge in [0.1, 0.15) is 28.7 Å². The third-order valence-corrected chi connectivity index (χ3v) is 13.0. The van der Waals surface area contributed by atoms with Gasteiger partial charge in [-0.1, -0.05) is 60.7 Å². The molecule has 13 heteroatoms. The van der Waals surface area contributed by atoms with Gasteiger partial charge in [-0.05, 0) is 69.4 Å². The number of hydrogen-bond donors (Lipinski definition) is 2. The number of benzene rings is 6. The quantitative estimate of drug-likeness (QED) is 0.0791. The number of nitrogens with one attached hydrogen (secondary N) is 2. The molecule has 0 fully saturated rings. The number of amides is 2. The zero-order valence-electron chi connectivity index (χ0n) is 34.8. The first-order valence-electron chi connectivity index (χ1n) is 21.0. The fourth-order valence-corrected chi connectivity index (χ4v) is 10.1. The largest absolute Gasteiger partial charge is 0.426 e. The van der Waals surface area contributed by atoms with Crippen LogP contribution in [0.2, 0.25) is 0 Å². The summed E-state index contributed by atoms with van der Waals surface area (Å²) >= 11 is 12.9. The van der Waals surface area contributed by atoms with Gasteiger partial charge >= 0.3 is 11.9 Å². The predicted molar refractivity (Wildman–Crippen MR) is 250 cm³/mol. The molecule has 2 atom stereocenters. The van der Waals surface area contributed by atoms with Gasteiger partial charge in [-0.3, -0.25) is 24.0 Å². The van der Waals surface area contributed by atoms with E-state index in [-0.39, 0.29) is 42.3 Å². The Morgan fingerprint density at radius 1 is 0.562 bits per heavy atom. The van der Waals surface area contributed by atoms with Crippen LogP contribution in [0.4, 0.5) is 11.4 Å². The van der Waals surface area contributed by atoms with Crippen LogP contribution in [0.15, 0.2) is 109 Å². The Morgan fingerprint density at radius 2 is 0.969 bits per heavy atom. The number of fused-ring (bicyclic) bond motifs is 8. The van der Waals surface area contributed by atoms with E-state index in [1.54, 1.807) is 34.1 Å². The van der Waals surface area contributed by atoms with E-state index in [1.165, 1.54) is 13.8 Å². The number of halogens is 2. The maximum Gasteiger partial charge on any atom is 0.308 e. The van der Waals surface area contributed by atoms with Crippen LogP contribution in [0.3, 0.4) is 0 Å². The zero-order valence-corrected chi connectivity index (χ0v) is 36.3. The van der Waals surface area contributed by atoms with Crippen LogP contribution in [0, 0.1) is 0 Å². The molecule has 320 valence electrons. The van der Waals surface area contributed by atoms with Gasteiger partial charge < -0.3 is 29.2 Å². The smallest absolute Gasteiger partial charge is 0.308 e. The summed E-state index contributed by atoms with van der Waals surface area (Å²) in [6, 6.07) is 33.7. The fourth-order valence-electron chi connectivity index (χ4n) is 9.56. The lowest BCUT2D eigenvalue weighted by molar-refractivity contribution is -0.132. The summed E-state index contributed by atoms with van der Waals surface area (Å²) in [5, 5.41) is 4.90. The molecule has 2 N–H and O–H groups in total. The Hall–Kier alpha value is -6.95. The second-order valence-corrected chi connectivity index (χ2v) is 17.1.